The Bertz CT molecular complexity index is 1590. The lowest BCUT2D eigenvalue weighted by molar-refractivity contribution is -0.00518. The summed E-state index contributed by atoms with van der Waals surface area (Å²) in [7, 11) is 0. The number of fused-ring (bicyclic) bond motifs is 1. The molecule has 4 bridgehead atoms. The number of rotatable bonds is 4. The number of hydrogen-bond acceptors (Lipinski definition) is 2. The van der Waals surface area contributed by atoms with Crippen LogP contribution >= 0.6 is 12.2 Å². The minimum atomic E-state index is -0.123. The molecule has 4 aliphatic carbocycles. The first-order valence-electron chi connectivity index (χ1n) is 13.7. The molecule has 2 N–H and O–H groups in total. The second kappa shape index (κ2) is 9.05. The van der Waals surface area contributed by atoms with Gasteiger partial charge in [0, 0.05) is 23.0 Å². The topological polar surface area (TPSA) is 62.2 Å². The number of benzene rings is 3. The van der Waals surface area contributed by atoms with Crippen LogP contribution in [-0.4, -0.2) is 21.1 Å². The first-order valence-corrected chi connectivity index (χ1v) is 14.1. The third-order valence-corrected chi connectivity index (χ3v) is 9.44. The molecule has 0 spiro atoms. The van der Waals surface area contributed by atoms with Gasteiger partial charge in [-0.25, -0.2) is 9.67 Å². The number of nitrogens with one attached hydrogen (secondary N) is 2. The number of aromatic nitrogens is 2. The van der Waals surface area contributed by atoms with Crippen LogP contribution in [-0.2, 0) is 5.41 Å². The molecule has 4 aromatic rings. The molecule has 5 nitrogen and oxygen atoms in total. The lowest BCUT2D eigenvalue weighted by atomic mass is 9.48. The van der Waals surface area contributed by atoms with Crippen LogP contribution in [0.4, 0.5) is 5.69 Å². The van der Waals surface area contributed by atoms with Crippen molar-refractivity contribution >= 4 is 40.0 Å². The molecule has 4 saturated carbocycles. The largest absolute Gasteiger partial charge is 0.330 e. The maximum Gasteiger partial charge on any atom is 0.280 e. The zero-order valence-electron chi connectivity index (χ0n) is 21.6. The van der Waals surface area contributed by atoms with Crippen LogP contribution in [0.2, 0.25) is 0 Å². The Balaban J connectivity index is 1.11. The highest BCUT2D eigenvalue weighted by atomic mass is 32.1. The van der Waals surface area contributed by atoms with E-state index in [1.807, 2.05) is 37.3 Å². The Kier molecular flexibility index (Phi) is 5.62. The number of H-pyrrole nitrogens is 1. The van der Waals surface area contributed by atoms with E-state index in [0.29, 0.717) is 16.1 Å². The molecule has 0 unspecified atom stereocenters. The molecule has 0 saturated heterocycles. The average molecular weight is 521 g/mol. The van der Waals surface area contributed by atoms with Gasteiger partial charge in [-0.2, -0.15) is 0 Å². The van der Waals surface area contributed by atoms with Crippen LogP contribution in [0.15, 0.2) is 76.5 Å². The fourth-order valence-electron chi connectivity index (χ4n) is 7.93. The van der Waals surface area contributed by atoms with E-state index in [9.17, 15) is 4.79 Å². The highest BCUT2D eigenvalue weighted by Crippen LogP contribution is 2.60. The summed E-state index contributed by atoms with van der Waals surface area (Å²) >= 11 is 5.48. The van der Waals surface area contributed by atoms with Gasteiger partial charge in [-0.3, -0.25) is 9.89 Å². The van der Waals surface area contributed by atoms with E-state index >= 15 is 0 Å². The van der Waals surface area contributed by atoms with E-state index in [4.69, 9.17) is 12.2 Å². The second-order valence-electron chi connectivity index (χ2n) is 11.8. The van der Waals surface area contributed by atoms with Crippen LogP contribution in [0.5, 0.6) is 0 Å². The van der Waals surface area contributed by atoms with Crippen molar-refractivity contribution in [1.29, 1.82) is 0 Å². The molecule has 192 valence electrons. The molecule has 38 heavy (non-hydrogen) atoms. The Hall–Kier alpha value is -3.51. The van der Waals surface area contributed by atoms with Crippen molar-refractivity contribution in [2.45, 2.75) is 50.9 Å². The molecule has 1 heterocycles. The van der Waals surface area contributed by atoms with Gasteiger partial charge in [0.2, 0.25) is 0 Å². The summed E-state index contributed by atoms with van der Waals surface area (Å²) in [5, 5.41) is 8.95. The summed E-state index contributed by atoms with van der Waals surface area (Å²) < 4.78 is 1.61. The van der Waals surface area contributed by atoms with Crippen molar-refractivity contribution < 1.29 is 0 Å². The Morgan fingerprint density at radius 2 is 1.63 bits per heavy atom. The van der Waals surface area contributed by atoms with Gasteiger partial charge >= 0.3 is 0 Å². The molecule has 0 radical (unpaired) electrons. The zero-order valence-corrected chi connectivity index (χ0v) is 22.4. The van der Waals surface area contributed by atoms with Crippen molar-refractivity contribution in [1.82, 2.24) is 9.78 Å². The second-order valence-corrected chi connectivity index (χ2v) is 12.1. The lowest BCUT2D eigenvalue weighted by Gasteiger charge is -2.57. The van der Waals surface area contributed by atoms with Crippen LogP contribution in [0.25, 0.3) is 16.5 Å². The van der Waals surface area contributed by atoms with Gasteiger partial charge in [-0.1, -0.05) is 48.5 Å². The van der Waals surface area contributed by atoms with Crippen molar-refractivity contribution in [2.75, 3.05) is 5.32 Å². The first-order chi connectivity index (χ1) is 18.5. The van der Waals surface area contributed by atoms with Gasteiger partial charge in [0.25, 0.3) is 5.56 Å². The maximum atomic E-state index is 13.3. The van der Waals surface area contributed by atoms with E-state index in [0.717, 1.165) is 45.6 Å². The molecule has 4 fully saturated rings. The number of thiocarbonyl (C=S) groups is 1. The number of nitrogens with zero attached hydrogens (tertiary/aromatic N) is 2. The lowest BCUT2D eigenvalue weighted by Crippen LogP contribution is -2.48. The predicted molar refractivity (Wildman–Crippen MR) is 159 cm³/mol. The Labute approximate surface area is 228 Å². The molecule has 1 aromatic heterocycles. The van der Waals surface area contributed by atoms with Gasteiger partial charge in [-0.05, 0) is 110 Å². The average Bonchev–Trinajstić information content (AvgIpc) is 3.20. The SMILES string of the molecule is Cc1[nH]n(-c2ccc(C34CC5CC(CC(C5)C3)C4)cc2)c(=O)c1C=NC(=S)Nc1cccc2ccccc12. The van der Waals surface area contributed by atoms with Crippen LogP contribution < -0.4 is 10.9 Å². The fourth-order valence-corrected chi connectivity index (χ4v) is 8.09. The third-order valence-electron chi connectivity index (χ3n) is 9.24. The fraction of sp³-hybridized carbons (Fsp3) is 0.344. The minimum Gasteiger partial charge on any atom is -0.330 e. The van der Waals surface area contributed by atoms with E-state index < -0.39 is 0 Å². The highest BCUT2D eigenvalue weighted by molar-refractivity contribution is 7.80. The van der Waals surface area contributed by atoms with E-state index in [-0.39, 0.29) is 5.56 Å². The minimum absolute atomic E-state index is 0.123. The number of aliphatic imine (C=N–C) groups is 1. The number of anilines is 1. The van der Waals surface area contributed by atoms with Crippen molar-refractivity contribution in [3.8, 4) is 5.69 Å². The number of aryl methyl sites for hydroxylation is 1. The smallest absolute Gasteiger partial charge is 0.280 e. The van der Waals surface area contributed by atoms with E-state index in [2.05, 4.69) is 51.8 Å². The van der Waals surface area contributed by atoms with Crippen LogP contribution in [0, 0.1) is 24.7 Å². The molecule has 3 aromatic carbocycles. The summed E-state index contributed by atoms with van der Waals surface area (Å²) in [4.78, 5) is 17.7. The molecule has 4 aliphatic rings. The Morgan fingerprint density at radius 1 is 0.974 bits per heavy atom. The monoisotopic (exact) mass is 520 g/mol. The molecule has 0 amide bonds. The van der Waals surface area contributed by atoms with E-state index in [1.54, 1.807) is 10.9 Å². The molecular formula is C32H32N4OS. The van der Waals surface area contributed by atoms with E-state index in [1.165, 1.54) is 44.1 Å². The number of aromatic amines is 1. The summed E-state index contributed by atoms with van der Waals surface area (Å²) in [6.45, 7) is 1.89. The molecule has 0 aliphatic heterocycles. The molecule has 6 heteroatoms. The van der Waals surface area contributed by atoms with Gasteiger partial charge in [-0.15, -0.1) is 0 Å². The predicted octanol–water partition coefficient (Wildman–Crippen LogP) is 6.91. The third kappa shape index (κ3) is 4.02. The quantitative estimate of drug-likeness (QED) is 0.227. The molecule has 0 atom stereocenters. The summed E-state index contributed by atoms with van der Waals surface area (Å²) in [6, 6.07) is 22.9. The van der Waals surface area contributed by atoms with Gasteiger partial charge < -0.3 is 5.32 Å². The van der Waals surface area contributed by atoms with Crippen molar-refractivity contribution in [3.05, 3.63) is 93.9 Å². The standard InChI is InChI=1S/C32H32N4OS/c1-20-28(19-33-31(38)34-29-8-4-6-24-5-2-3-7-27(24)29)30(37)36(35-20)26-11-9-25(10-12-26)32-16-21-13-22(17-32)15-23(14-21)18-32/h2-12,19,21-23,35H,13-18H2,1H3,(H,34,38). The number of hydrogen-bond donors (Lipinski definition) is 2. The van der Waals surface area contributed by atoms with Gasteiger partial charge in [0.15, 0.2) is 5.11 Å². The van der Waals surface area contributed by atoms with Crippen molar-refractivity contribution in [2.24, 2.45) is 22.7 Å². The summed E-state index contributed by atoms with van der Waals surface area (Å²) in [5.74, 6) is 2.74. The normalized spacial score (nSPS) is 25.9. The van der Waals surface area contributed by atoms with Gasteiger partial charge in [0.05, 0.1) is 11.3 Å². The van der Waals surface area contributed by atoms with Crippen LogP contribution in [0.1, 0.15) is 55.3 Å². The summed E-state index contributed by atoms with van der Waals surface area (Å²) in [6.07, 6.45) is 9.92. The first kappa shape index (κ1) is 23.6. The molecule has 8 rings (SSSR count). The zero-order chi connectivity index (χ0) is 25.9. The Morgan fingerprint density at radius 3 is 2.34 bits per heavy atom. The highest BCUT2D eigenvalue weighted by Gasteiger charge is 2.51. The van der Waals surface area contributed by atoms with Crippen LogP contribution in [0.3, 0.4) is 0 Å². The summed E-state index contributed by atoms with van der Waals surface area (Å²) in [5.41, 5.74) is 4.71. The van der Waals surface area contributed by atoms with Gasteiger partial charge in [0.1, 0.15) is 0 Å². The van der Waals surface area contributed by atoms with Crippen molar-refractivity contribution in [3.63, 3.8) is 0 Å². The molecular weight excluding hydrogens is 488 g/mol. The maximum absolute atomic E-state index is 13.3.